The van der Waals surface area contributed by atoms with Crippen molar-refractivity contribution in [1.82, 2.24) is 15.5 Å². The van der Waals surface area contributed by atoms with Gasteiger partial charge in [-0.2, -0.15) is 4.98 Å². The molecule has 1 fully saturated rings. The van der Waals surface area contributed by atoms with Gasteiger partial charge < -0.3 is 9.84 Å². The van der Waals surface area contributed by atoms with Crippen LogP contribution >= 0.6 is 0 Å². The van der Waals surface area contributed by atoms with E-state index < -0.39 is 0 Å². The fourth-order valence-corrected chi connectivity index (χ4v) is 3.04. The third kappa shape index (κ3) is 3.18. The van der Waals surface area contributed by atoms with Crippen LogP contribution in [0.3, 0.4) is 0 Å². The zero-order valence-corrected chi connectivity index (χ0v) is 14.0. The first kappa shape index (κ1) is 15.6. The second-order valence-corrected chi connectivity index (χ2v) is 6.55. The minimum absolute atomic E-state index is 0.0598. The Morgan fingerprint density at radius 3 is 2.44 bits per heavy atom. The third-order valence-corrected chi connectivity index (χ3v) is 4.75. The molecule has 0 spiro atoms. The molecule has 0 bridgehead atoms. The molecule has 1 saturated carbocycles. The summed E-state index contributed by atoms with van der Waals surface area (Å²) in [4.78, 5) is 16.6. The number of hydrogen-bond donors (Lipinski definition) is 1. The molecule has 1 aromatic heterocycles. The lowest BCUT2D eigenvalue weighted by Gasteiger charge is -2.16. The van der Waals surface area contributed by atoms with Gasteiger partial charge in [-0.05, 0) is 49.6 Å². The third-order valence-electron chi connectivity index (χ3n) is 4.75. The molecule has 0 unspecified atom stereocenters. The second-order valence-electron chi connectivity index (χ2n) is 6.55. The number of carbonyl (C=O) groups is 1. The molecule has 126 valence electrons. The highest BCUT2D eigenvalue weighted by Gasteiger charge is 2.44. The van der Waals surface area contributed by atoms with Crippen LogP contribution in [0.5, 0.6) is 0 Å². The fourth-order valence-electron chi connectivity index (χ4n) is 3.04. The maximum absolute atomic E-state index is 12.4. The standard InChI is InChI=1S/C20H19N3O2/c1-14-22-19(25-23-14)16-9-7-15(8-10-16)18(24)21-13-20(11-12-20)17-5-3-2-4-6-17/h2-10H,11-13H2,1H3,(H,21,24). The summed E-state index contributed by atoms with van der Waals surface area (Å²) in [5.74, 6) is 0.994. The van der Waals surface area contributed by atoms with Gasteiger partial charge in [-0.25, -0.2) is 0 Å². The molecule has 0 aliphatic heterocycles. The summed E-state index contributed by atoms with van der Waals surface area (Å²) in [7, 11) is 0. The zero-order chi connectivity index (χ0) is 17.3. The number of carbonyl (C=O) groups excluding carboxylic acids is 1. The molecule has 4 rings (SSSR count). The van der Waals surface area contributed by atoms with Gasteiger partial charge in [0.05, 0.1) is 0 Å². The number of amides is 1. The van der Waals surface area contributed by atoms with E-state index in [9.17, 15) is 4.79 Å². The van der Waals surface area contributed by atoms with Crippen LogP contribution in [-0.2, 0) is 5.41 Å². The number of nitrogens with one attached hydrogen (secondary N) is 1. The van der Waals surface area contributed by atoms with Crippen molar-refractivity contribution in [3.05, 3.63) is 71.5 Å². The molecule has 25 heavy (non-hydrogen) atoms. The highest BCUT2D eigenvalue weighted by atomic mass is 16.5. The van der Waals surface area contributed by atoms with Crippen LogP contribution in [0, 0.1) is 6.92 Å². The lowest BCUT2D eigenvalue weighted by Crippen LogP contribution is -2.32. The summed E-state index contributed by atoms with van der Waals surface area (Å²) in [6, 6.07) is 17.6. The molecule has 1 amide bonds. The molecule has 0 saturated heterocycles. The number of hydrogen-bond acceptors (Lipinski definition) is 4. The maximum Gasteiger partial charge on any atom is 0.257 e. The largest absolute Gasteiger partial charge is 0.351 e. The lowest BCUT2D eigenvalue weighted by molar-refractivity contribution is 0.0949. The lowest BCUT2D eigenvalue weighted by atomic mass is 9.96. The number of aryl methyl sites for hydroxylation is 1. The van der Waals surface area contributed by atoms with Gasteiger partial charge in [0, 0.05) is 23.1 Å². The molecule has 2 aromatic carbocycles. The normalized spacial score (nSPS) is 14.9. The van der Waals surface area contributed by atoms with Crippen LogP contribution in [0.25, 0.3) is 11.5 Å². The molecule has 5 nitrogen and oxygen atoms in total. The second kappa shape index (κ2) is 6.16. The van der Waals surface area contributed by atoms with Crippen molar-refractivity contribution in [1.29, 1.82) is 0 Å². The van der Waals surface area contributed by atoms with Gasteiger partial charge in [0.2, 0.25) is 0 Å². The van der Waals surface area contributed by atoms with E-state index in [1.807, 2.05) is 18.2 Å². The average Bonchev–Trinajstić information content (AvgIpc) is 3.34. The van der Waals surface area contributed by atoms with E-state index in [-0.39, 0.29) is 11.3 Å². The van der Waals surface area contributed by atoms with Crippen molar-refractivity contribution in [2.75, 3.05) is 6.54 Å². The van der Waals surface area contributed by atoms with Crippen LogP contribution in [0.2, 0.25) is 0 Å². The summed E-state index contributed by atoms with van der Waals surface area (Å²) < 4.78 is 5.14. The van der Waals surface area contributed by atoms with Crippen molar-refractivity contribution in [3.8, 4) is 11.5 Å². The average molecular weight is 333 g/mol. The summed E-state index contributed by atoms with van der Waals surface area (Å²) in [5.41, 5.74) is 2.85. The molecule has 1 N–H and O–H groups in total. The first-order valence-corrected chi connectivity index (χ1v) is 8.41. The van der Waals surface area contributed by atoms with E-state index in [1.54, 1.807) is 19.1 Å². The van der Waals surface area contributed by atoms with Crippen LogP contribution in [0.1, 0.15) is 34.6 Å². The van der Waals surface area contributed by atoms with Crippen molar-refractivity contribution >= 4 is 5.91 Å². The fraction of sp³-hybridized carbons (Fsp3) is 0.250. The van der Waals surface area contributed by atoms with Gasteiger partial charge in [0.25, 0.3) is 11.8 Å². The van der Waals surface area contributed by atoms with Gasteiger partial charge in [-0.3, -0.25) is 4.79 Å². The zero-order valence-electron chi connectivity index (χ0n) is 14.0. The maximum atomic E-state index is 12.4. The summed E-state index contributed by atoms with van der Waals surface area (Å²) in [6.45, 7) is 2.44. The number of aromatic nitrogens is 2. The van der Waals surface area contributed by atoms with Gasteiger partial charge >= 0.3 is 0 Å². The number of nitrogens with zero attached hydrogens (tertiary/aromatic N) is 2. The summed E-state index contributed by atoms with van der Waals surface area (Å²) in [6.07, 6.45) is 2.24. The van der Waals surface area contributed by atoms with Crippen molar-refractivity contribution in [2.24, 2.45) is 0 Å². The monoisotopic (exact) mass is 333 g/mol. The smallest absolute Gasteiger partial charge is 0.257 e. The molecule has 1 heterocycles. The number of benzene rings is 2. The molecule has 0 atom stereocenters. The SMILES string of the molecule is Cc1noc(-c2ccc(C(=O)NCC3(c4ccccc4)CC3)cc2)n1. The van der Waals surface area contributed by atoms with Gasteiger partial charge in [0.15, 0.2) is 5.82 Å². The van der Waals surface area contributed by atoms with Crippen molar-refractivity contribution < 1.29 is 9.32 Å². The van der Waals surface area contributed by atoms with E-state index in [1.165, 1.54) is 5.56 Å². The van der Waals surface area contributed by atoms with Crippen LogP contribution in [0.15, 0.2) is 59.1 Å². The van der Waals surface area contributed by atoms with E-state index in [0.717, 1.165) is 18.4 Å². The molecular weight excluding hydrogens is 314 g/mol. The molecule has 5 heteroatoms. The Morgan fingerprint density at radius 1 is 1.12 bits per heavy atom. The molecule has 1 aliphatic rings. The predicted molar refractivity (Wildman–Crippen MR) is 94.2 cm³/mol. The van der Waals surface area contributed by atoms with Gasteiger partial charge in [-0.1, -0.05) is 35.5 Å². The van der Waals surface area contributed by atoms with Crippen molar-refractivity contribution in [2.45, 2.75) is 25.2 Å². The van der Waals surface area contributed by atoms with E-state index in [0.29, 0.717) is 23.8 Å². The minimum atomic E-state index is -0.0598. The Kier molecular flexibility index (Phi) is 3.84. The Labute approximate surface area is 146 Å². The topological polar surface area (TPSA) is 68.0 Å². The Balaban J connectivity index is 1.42. The van der Waals surface area contributed by atoms with Crippen molar-refractivity contribution in [3.63, 3.8) is 0 Å². The molecular formula is C20H19N3O2. The molecule has 0 radical (unpaired) electrons. The predicted octanol–water partition coefficient (Wildman–Crippen LogP) is 3.51. The Hall–Kier alpha value is -2.95. The summed E-state index contributed by atoms with van der Waals surface area (Å²) >= 11 is 0. The van der Waals surface area contributed by atoms with Gasteiger partial charge in [0.1, 0.15) is 0 Å². The minimum Gasteiger partial charge on any atom is -0.351 e. The summed E-state index contributed by atoms with van der Waals surface area (Å²) in [5, 5.41) is 6.85. The first-order valence-electron chi connectivity index (χ1n) is 8.41. The van der Waals surface area contributed by atoms with E-state index >= 15 is 0 Å². The highest BCUT2D eigenvalue weighted by Crippen LogP contribution is 2.47. The van der Waals surface area contributed by atoms with Crippen LogP contribution < -0.4 is 5.32 Å². The Morgan fingerprint density at radius 2 is 1.84 bits per heavy atom. The molecule has 3 aromatic rings. The Bertz CT molecular complexity index is 881. The van der Waals surface area contributed by atoms with E-state index in [2.05, 4.69) is 39.7 Å². The first-order chi connectivity index (χ1) is 12.2. The quantitative estimate of drug-likeness (QED) is 0.776. The van der Waals surface area contributed by atoms with Crippen LogP contribution in [0.4, 0.5) is 0 Å². The molecule has 1 aliphatic carbocycles. The highest BCUT2D eigenvalue weighted by molar-refractivity contribution is 5.94. The van der Waals surface area contributed by atoms with E-state index in [4.69, 9.17) is 4.52 Å². The van der Waals surface area contributed by atoms with Crippen LogP contribution in [-0.4, -0.2) is 22.6 Å². The van der Waals surface area contributed by atoms with Gasteiger partial charge in [-0.15, -0.1) is 0 Å². The number of rotatable bonds is 5.